The minimum atomic E-state index is -0.496. The number of aromatic nitrogens is 4. The summed E-state index contributed by atoms with van der Waals surface area (Å²) in [6, 6.07) is 3.35. The summed E-state index contributed by atoms with van der Waals surface area (Å²) in [6.45, 7) is 10.5. The smallest absolute Gasteiger partial charge is 0.216 e. The van der Waals surface area contributed by atoms with Crippen molar-refractivity contribution in [3.63, 3.8) is 0 Å². The zero-order chi connectivity index (χ0) is 16.4. The van der Waals surface area contributed by atoms with Gasteiger partial charge in [0.1, 0.15) is 12.2 Å². The summed E-state index contributed by atoms with van der Waals surface area (Å²) in [5.41, 5.74) is 1.48. The molecular formula is C17H23FN4. The minimum absolute atomic E-state index is 0.00297. The number of rotatable bonds is 4. The number of aryl methyl sites for hydroxylation is 1. The normalized spacial score (nSPS) is 12.5. The predicted octanol–water partition coefficient (Wildman–Crippen LogP) is 3.61. The standard InChI is InChI=1S/C17H23FN4/c1-16(2,3)12-7-9-19-15(22-12)6-8-17(4,5)13-10-14(18)21-11-20-13/h7,9-11H,6,8H2,1-5H3. The lowest BCUT2D eigenvalue weighted by Crippen LogP contribution is -2.21. The first kappa shape index (κ1) is 16.5. The van der Waals surface area contributed by atoms with Crippen LogP contribution >= 0.6 is 0 Å². The molecule has 4 nitrogen and oxygen atoms in total. The maximum absolute atomic E-state index is 13.3. The van der Waals surface area contributed by atoms with E-state index in [2.05, 4.69) is 40.7 Å². The highest BCUT2D eigenvalue weighted by Crippen LogP contribution is 2.27. The van der Waals surface area contributed by atoms with E-state index in [9.17, 15) is 4.39 Å². The van der Waals surface area contributed by atoms with E-state index in [0.717, 1.165) is 24.4 Å². The molecular weight excluding hydrogens is 279 g/mol. The monoisotopic (exact) mass is 302 g/mol. The Morgan fingerprint density at radius 3 is 2.36 bits per heavy atom. The predicted molar refractivity (Wildman–Crippen MR) is 84.1 cm³/mol. The molecule has 0 saturated heterocycles. The van der Waals surface area contributed by atoms with Crippen LogP contribution in [0.4, 0.5) is 4.39 Å². The SMILES string of the molecule is CC(C)(C)c1ccnc(CCC(C)(C)c2cc(F)ncn2)n1. The summed E-state index contributed by atoms with van der Waals surface area (Å²) in [6.07, 6.45) is 4.59. The highest BCUT2D eigenvalue weighted by atomic mass is 19.1. The van der Waals surface area contributed by atoms with Gasteiger partial charge in [0, 0.05) is 35.2 Å². The molecule has 22 heavy (non-hydrogen) atoms. The summed E-state index contributed by atoms with van der Waals surface area (Å²) in [5.74, 6) is 0.319. The molecule has 0 atom stereocenters. The maximum atomic E-state index is 13.3. The molecule has 0 N–H and O–H groups in total. The van der Waals surface area contributed by atoms with Gasteiger partial charge in [0.2, 0.25) is 5.95 Å². The van der Waals surface area contributed by atoms with E-state index < -0.39 is 5.95 Å². The molecule has 0 amide bonds. The van der Waals surface area contributed by atoms with Gasteiger partial charge < -0.3 is 0 Å². The molecule has 0 radical (unpaired) electrons. The molecule has 2 aromatic rings. The van der Waals surface area contributed by atoms with Crippen LogP contribution in [0, 0.1) is 5.95 Å². The van der Waals surface area contributed by atoms with Crippen LogP contribution < -0.4 is 0 Å². The summed E-state index contributed by atoms with van der Waals surface area (Å²) >= 11 is 0. The van der Waals surface area contributed by atoms with Crippen LogP contribution in [0.25, 0.3) is 0 Å². The fraction of sp³-hybridized carbons (Fsp3) is 0.529. The van der Waals surface area contributed by atoms with Crippen molar-refractivity contribution in [2.75, 3.05) is 0 Å². The summed E-state index contributed by atoms with van der Waals surface area (Å²) in [5, 5.41) is 0. The van der Waals surface area contributed by atoms with Gasteiger partial charge in [-0.05, 0) is 12.5 Å². The molecule has 2 heterocycles. The zero-order valence-electron chi connectivity index (χ0n) is 13.9. The fourth-order valence-electron chi connectivity index (χ4n) is 2.19. The van der Waals surface area contributed by atoms with Crippen LogP contribution in [-0.2, 0) is 17.3 Å². The quantitative estimate of drug-likeness (QED) is 0.810. The number of hydrogen-bond donors (Lipinski definition) is 0. The third-order valence-corrected chi connectivity index (χ3v) is 3.77. The van der Waals surface area contributed by atoms with Gasteiger partial charge in [-0.3, -0.25) is 0 Å². The summed E-state index contributed by atoms with van der Waals surface area (Å²) in [7, 11) is 0. The Balaban J connectivity index is 2.12. The van der Waals surface area contributed by atoms with Crippen molar-refractivity contribution in [1.29, 1.82) is 0 Å². The van der Waals surface area contributed by atoms with Gasteiger partial charge in [-0.25, -0.2) is 19.9 Å². The first-order chi connectivity index (χ1) is 10.2. The highest BCUT2D eigenvalue weighted by molar-refractivity contribution is 5.15. The topological polar surface area (TPSA) is 51.6 Å². The van der Waals surface area contributed by atoms with Gasteiger partial charge in [-0.15, -0.1) is 0 Å². The second-order valence-electron chi connectivity index (χ2n) is 7.22. The average Bonchev–Trinajstić information content (AvgIpc) is 2.45. The van der Waals surface area contributed by atoms with Gasteiger partial charge in [-0.1, -0.05) is 34.6 Å². The van der Waals surface area contributed by atoms with E-state index in [1.165, 1.54) is 12.4 Å². The molecule has 5 heteroatoms. The van der Waals surface area contributed by atoms with Gasteiger partial charge in [0.05, 0.1) is 5.69 Å². The van der Waals surface area contributed by atoms with E-state index in [1.807, 2.05) is 19.9 Å². The molecule has 0 aliphatic rings. The molecule has 0 unspecified atom stereocenters. The Morgan fingerprint density at radius 1 is 1.00 bits per heavy atom. The highest BCUT2D eigenvalue weighted by Gasteiger charge is 2.24. The van der Waals surface area contributed by atoms with E-state index >= 15 is 0 Å². The van der Waals surface area contributed by atoms with Crippen molar-refractivity contribution in [1.82, 2.24) is 19.9 Å². The van der Waals surface area contributed by atoms with Gasteiger partial charge >= 0.3 is 0 Å². The lowest BCUT2D eigenvalue weighted by molar-refractivity contribution is 0.449. The van der Waals surface area contributed by atoms with Crippen molar-refractivity contribution in [2.45, 2.75) is 58.3 Å². The molecule has 0 spiro atoms. The molecule has 0 aliphatic carbocycles. The lowest BCUT2D eigenvalue weighted by Gasteiger charge is -2.24. The Kier molecular flexibility index (Phi) is 4.54. The summed E-state index contributed by atoms with van der Waals surface area (Å²) < 4.78 is 13.3. The van der Waals surface area contributed by atoms with Crippen LogP contribution in [0.3, 0.4) is 0 Å². The van der Waals surface area contributed by atoms with Crippen LogP contribution in [0.2, 0.25) is 0 Å². The van der Waals surface area contributed by atoms with Crippen LogP contribution in [0.1, 0.15) is 58.3 Å². The molecule has 0 aliphatic heterocycles. The van der Waals surface area contributed by atoms with E-state index in [0.29, 0.717) is 5.69 Å². The van der Waals surface area contributed by atoms with Gasteiger partial charge in [0.25, 0.3) is 0 Å². The molecule has 118 valence electrons. The largest absolute Gasteiger partial charge is 0.241 e. The first-order valence-electron chi connectivity index (χ1n) is 7.49. The van der Waals surface area contributed by atoms with Crippen molar-refractivity contribution in [3.05, 3.63) is 47.8 Å². The zero-order valence-corrected chi connectivity index (χ0v) is 13.9. The van der Waals surface area contributed by atoms with E-state index in [-0.39, 0.29) is 10.8 Å². The number of halogens is 1. The molecule has 0 fully saturated rings. The first-order valence-corrected chi connectivity index (χ1v) is 7.49. The Labute approximate surface area is 131 Å². The maximum Gasteiger partial charge on any atom is 0.216 e. The molecule has 2 aromatic heterocycles. The van der Waals surface area contributed by atoms with Crippen molar-refractivity contribution >= 4 is 0 Å². The minimum Gasteiger partial charge on any atom is -0.241 e. The fourth-order valence-corrected chi connectivity index (χ4v) is 2.19. The van der Waals surface area contributed by atoms with Crippen molar-refractivity contribution in [3.8, 4) is 0 Å². The Hall–Kier alpha value is -1.91. The third-order valence-electron chi connectivity index (χ3n) is 3.77. The average molecular weight is 302 g/mol. The molecule has 0 saturated carbocycles. The van der Waals surface area contributed by atoms with Crippen molar-refractivity contribution in [2.24, 2.45) is 0 Å². The Bertz CT molecular complexity index is 647. The molecule has 2 rings (SSSR count). The number of hydrogen-bond acceptors (Lipinski definition) is 4. The van der Waals surface area contributed by atoms with Crippen LogP contribution in [0.15, 0.2) is 24.7 Å². The third kappa shape index (κ3) is 4.06. The van der Waals surface area contributed by atoms with Crippen LogP contribution in [-0.4, -0.2) is 19.9 Å². The van der Waals surface area contributed by atoms with Gasteiger partial charge in [0.15, 0.2) is 0 Å². The Morgan fingerprint density at radius 2 is 1.73 bits per heavy atom. The molecule has 0 bridgehead atoms. The lowest BCUT2D eigenvalue weighted by atomic mass is 9.84. The van der Waals surface area contributed by atoms with E-state index in [1.54, 1.807) is 6.20 Å². The second kappa shape index (κ2) is 6.07. The summed E-state index contributed by atoms with van der Waals surface area (Å²) in [4.78, 5) is 16.7. The van der Waals surface area contributed by atoms with Gasteiger partial charge in [-0.2, -0.15) is 4.39 Å². The second-order valence-corrected chi connectivity index (χ2v) is 7.22. The molecule has 0 aromatic carbocycles. The van der Waals surface area contributed by atoms with E-state index in [4.69, 9.17) is 0 Å². The number of nitrogens with zero attached hydrogens (tertiary/aromatic N) is 4. The van der Waals surface area contributed by atoms with Crippen LogP contribution in [0.5, 0.6) is 0 Å². The van der Waals surface area contributed by atoms with Crippen molar-refractivity contribution < 1.29 is 4.39 Å².